The number of hydrogen-bond acceptors (Lipinski definition) is 3. The Morgan fingerprint density at radius 3 is 2.65 bits per heavy atom. The average molecular weight is 284 g/mol. The van der Waals surface area contributed by atoms with Gasteiger partial charge in [-0.25, -0.2) is 0 Å². The molecule has 2 aromatic heterocycles. The van der Waals surface area contributed by atoms with E-state index in [2.05, 4.69) is 10.2 Å². The maximum absolute atomic E-state index is 13.2. The third-order valence-electron chi connectivity index (χ3n) is 3.97. The standard InChI is InChI=1S/C13H15F3N4/c14-13(15,16)10-4-2-1-3-9(10)12-19-18-11-6-5-8(17)7-20(11)12/h5-7,9-10H,1-4,17H2. The number of anilines is 1. The predicted octanol–water partition coefficient (Wildman–Crippen LogP) is 3.15. The van der Waals surface area contributed by atoms with Crippen LogP contribution in [0, 0.1) is 5.92 Å². The van der Waals surface area contributed by atoms with Crippen LogP contribution in [-0.2, 0) is 0 Å². The molecule has 0 spiro atoms. The van der Waals surface area contributed by atoms with Gasteiger partial charge in [-0.3, -0.25) is 4.40 Å². The molecule has 0 radical (unpaired) electrons. The number of hydrogen-bond donors (Lipinski definition) is 1. The highest BCUT2D eigenvalue weighted by atomic mass is 19.4. The summed E-state index contributed by atoms with van der Waals surface area (Å²) < 4.78 is 41.1. The lowest BCUT2D eigenvalue weighted by Gasteiger charge is -2.31. The van der Waals surface area contributed by atoms with E-state index in [0.29, 0.717) is 30.0 Å². The Bertz CT molecular complexity index is 620. The molecule has 2 heterocycles. The molecular weight excluding hydrogens is 269 g/mol. The van der Waals surface area contributed by atoms with Gasteiger partial charge in [-0.05, 0) is 25.0 Å². The smallest absolute Gasteiger partial charge is 0.392 e. The molecule has 1 aliphatic rings. The summed E-state index contributed by atoms with van der Waals surface area (Å²) in [6.45, 7) is 0. The minimum absolute atomic E-state index is 0.158. The van der Waals surface area contributed by atoms with Crippen molar-refractivity contribution in [1.29, 1.82) is 0 Å². The van der Waals surface area contributed by atoms with E-state index in [0.717, 1.165) is 6.42 Å². The number of pyridine rings is 1. The normalized spacial score (nSPS) is 24.1. The van der Waals surface area contributed by atoms with Crippen molar-refractivity contribution in [2.45, 2.75) is 37.8 Å². The second kappa shape index (κ2) is 4.64. The van der Waals surface area contributed by atoms with Crippen LogP contribution in [0.4, 0.5) is 18.9 Å². The summed E-state index contributed by atoms with van der Waals surface area (Å²) in [5.74, 6) is -1.61. The Labute approximate surface area is 113 Å². The highest BCUT2D eigenvalue weighted by Gasteiger charge is 2.47. The lowest BCUT2D eigenvalue weighted by Crippen LogP contribution is -2.32. The second-order valence-corrected chi connectivity index (χ2v) is 5.29. The van der Waals surface area contributed by atoms with Crippen LogP contribution in [0.25, 0.3) is 5.65 Å². The molecule has 2 unspecified atom stereocenters. The van der Waals surface area contributed by atoms with Gasteiger partial charge >= 0.3 is 6.18 Å². The molecule has 0 amide bonds. The predicted molar refractivity (Wildman–Crippen MR) is 68.2 cm³/mol. The molecule has 0 aliphatic heterocycles. The Hall–Kier alpha value is -1.79. The van der Waals surface area contributed by atoms with Crippen molar-refractivity contribution < 1.29 is 13.2 Å². The fourth-order valence-electron chi connectivity index (χ4n) is 3.01. The van der Waals surface area contributed by atoms with E-state index in [1.54, 1.807) is 22.7 Å². The number of nitrogens with two attached hydrogens (primary N) is 1. The molecule has 2 N–H and O–H groups in total. The van der Waals surface area contributed by atoms with Crippen LogP contribution in [0.5, 0.6) is 0 Å². The molecule has 1 aliphatic carbocycles. The maximum atomic E-state index is 13.2. The van der Waals surface area contributed by atoms with E-state index in [1.165, 1.54) is 0 Å². The monoisotopic (exact) mass is 284 g/mol. The zero-order valence-electron chi connectivity index (χ0n) is 10.8. The van der Waals surface area contributed by atoms with Gasteiger partial charge in [0, 0.05) is 17.8 Å². The molecule has 1 saturated carbocycles. The van der Waals surface area contributed by atoms with Crippen molar-refractivity contribution in [3.05, 3.63) is 24.2 Å². The van der Waals surface area contributed by atoms with Crippen molar-refractivity contribution in [1.82, 2.24) is 14.6 Å². The van der Waals surface area contributed by atoms with Gasteiger partial charge in [-0.2, -0.15) is 13.2 Å². The van der Waals surface area contributed by atoms with Crippen LogP contribution in [0.15, 0.2) is 18.3 Å². The zero-order valence-corrected chi connectivity index (χ0v) is 10.8. The summed E-state index contributed by atoms with van der Waals surface area (Å²) in [5.41, 5.74) is 6.72. The van der Waals surface area contributed by atoms with Crippen LogP contribution in [-0.4, -0.2) is 20.8 Å². The van der Waals surface area contributed by atoms with Crippen molar-refractivity contribution in [2.75, 3.05) is 5.73 Å². The van der Waals surface area contributed by atoms with Crippen LogP contribution < -0.4 is 5.73 Å². The van der Waals surface area contributed by atoms with E-state index in [9.17, 15) is 13.2 Å². The van der Waals surface area contributed by atoms with Crippen molar-refractivity contribution in [3.63, 3.8) is 0 Å². The number of rotatable bonds is 1. The second-order valence-electron chi connectivity index (χ2n) is 5.29. The molecular formula is C13H15F3N4. The van der Waals surface area contributed by atoms with Crippen molar-refractivity contribution in [3.8, 4) is 0 Å². The Morgan fingerprint density at radius 1 is 1.15 bits per heavy atom. The first kappa shape index (κ1) is 13.2. The van der Waals surface area contributed by atoms with Gasteiger partial charge in [0.15, 0.2) is 5.65 Å². The molecule has 2 aromatic rings. The Morgan fingerprint density at radius 2 is 1.90 bits per heavy atom. The van der Waals surface area contributed by atoms with Crippen LogP contribution in [0.3, 0.4) is 0 Å². The van der Waals surface area contributed by atoms with E-state index < -0.39 is 18.0 Å². The van der Waals surface area contributed by atoms with Gasteiger partial charge in [-0.1, -0.05) is 12.8 Å². The van der Waals surface area contributed by atoms with Gasteiger partial charge < -0.3 is 5.73 Å². The quantitative estimate of drug-likeness (QED) is 0.875. The number of nitrogens with zero attached hydrogens (tertiary/aromatic N) is 3. The van der Waals surface area contributed by atoms with E-state index >= 15 is 0 Å². The zero-order chi connectivity index (χ0) is 14.3. The Kier molecular flexibility index (Phi) is 3.07. The molecule has 4 nitrogen and oxygen atoms in total. The first-order chi connectivity index (χ1) is 9.47. The SMILES string of the molecule is Nc1ccc2nnc(C3CCCCC3C(F)(F)F)n2c1. The van der Waals surface area contributed by atoms with Crippen molar-refractivity contribution in [2.24, 2.45) is 5.92 Å². The van der Waals surface area contributed by atoms with Gasteiger partial charge in [0.2, 0.25) is 0 Å². The molecule has 0 saturated heterocycles. The van der Waals surface area contributed by atoms with Crippen LogP contribution >= 0.6 is 0 Å². The topological polar surface area (TPSA) is 56.2 Å². The first-order valence-corrected chi connectivity index (χ1v) is 6.63. The van der Waals surface area contributed by atoms with E-state index in [1.807, 2.05) is 0 Å². The lowest BCUT2D eigenvalue weighted by atomic mass is 9.78. The number of halogens is 3. The summed E-state index contributed by atoms with van der Waals surface area (Å²) in [6, 6.07) is 3.33. The molecule has 20 heavy (non-hydrogen) atoms. The maximum Gasteiger partial charge on any atom is 0.392 e. The molecule has 3 rings (SSSR count). The third kappa shape index (κ3) is 2.21. The first-order valence-electron chi connectivity index (χ1n) is 6.63. The van der Waals surface area contributed by atoms with Gasteiger partial charge in [0.25, 0.3) is 0 Å². The molecule has 0 aromatic carbocycles. The van der Waals surface area contributed by atoms with Gasteiger partial charge in [0.05, 0.1) is 5.92 Å². The van der Waals surface area contributed by atoms with Crippen LogP contribution in [0.2, 0.25) is 0 Å². The molecule has 7 heteroatoms. The number of alkyl halides is 3. The molecule has 2 atom stereocenters. The average Bonchev–Trinajstić information content (AvgIpc) is 2.80. The summed E-state index contributed by atoms with van der Waals surface area (Å²) >= 11 is 0. The van der Waals surface area contributed by atoms with Gasteiger partial charge in [0.1, 0.15) is 5.82 Å². The summed E-state index contributed by atoms with van der Waals surface area (Å²) in [4.78, 5) is 0. The van der Waals surface area contributed by atoms with Gasteiger partial charge in [-0.15, -0.1) is 10.2 Å². The van der Waals surface area contributed by atoms with Crippen molar-refractivity contribution >= 4 is 11.3 Å². The molecule has 108 valence electrons. The fourth-order valence-corrected chi connectivity index (χ4v) is 3.01. The summed E-state index contributed by atoms with van der Waals surface area (Å²) in [7, 11) is 0. The van der Waals surface area contributed by atoms with E-state index in [-0.39, 0.29) is 6.42 Å². The third-order valence-corrected chi connectivity index (χ3v) is 3.97. The largest absolute Gasteiger partial charge is 0.398 e. The number of nitrogen functional groups attached to an aromatic ring is 1. The Balaban J connectivity index is 2.06. The highest BCUT2D eigenvalue weighted by Crippen LogP contribution is 2.45. The van der Waals surface area contributed by atoms with E-state index in [4.69, 9.17) is 5.73 Å². The minimum Gasteiger partial charge on any atom is -0.398 e. The lowest BCUT2D eigenvalue weighted by molar-refractivity contribution is -0.187. The molecule has 1 fully saturated rings. The number of aromatic nitrogens is 3. The minimum atomic E-state index is -4.20. The number of fused-ring (bicyclic) bond motifs is 1. The van der Waals surface area contributed by atoms with Crippen LogP contribution in [0.1, 0.15) is 37.4 Å². The summed E-state index contributed by atoms with van der Waals surface area (Å²) in [6.07, 6.45) is -0.566. The fraction of sp³-hybridized carbons (Fsp3) is 0.538. The summed E-state index contributed by atoms with van der Waals surface area (Å²) in [5, 5.41) is 7.92. The molecule has 0 bridgehead atoms. The highest BCUT2D eigenvalue weighted by molar-refractivity contribution is 5.47.